The Bertz CT molecular complexity index is 941. The predicted octanol–water partition coefficient (Wildman–Crippen LogP) is 18.2. The molecule has 0 aromatic rings. The van der Waals surface area contributed by atoms with Gasteiger partial charge in [0.2, 0.25) is 3.42 Å². The molecule has 0 saturated carbocycles. The molecule has 0 heterocycles. The molecule has 0 aromatic carbocycles. The van der Waals surface area contributed by atoms with E-state index in [0.29, 0.717) is 0 Å². The van der Waals surface area contributed by atoms with E-state index in [2.05, 4.69) is 398 Å². The first kappa shape index (κ1) is 51.5. The van der Waals surface area contributed by atoms with Crippen LogP contribution in [0.5, 0.6) is 0 Å². The fourth-order valence-corrected chi connectivity index (χ4v) is 25.7. The summed E-state index contributed by atoms with van der Waals surface area (Å²) in [7, 11) is 0. The van der Waals surface area contributed by atoms with Gasteiger partial charge in [0.1, 0.15) is 29.1 Å². The Hall–Kier alpha value is 11.5. The van der Waals surface area contributed by atoms with Crippen LogP contribution in [0.15, 0.2) is 0 Å². The van der Waals surface area contributed by atoms with Gasteiger partial charge in [0.05, 0.1) is 0 Å². The number of alkyl halides is 25. The van der Waals surface area contributed by atoms with E-state index in [9.17, 15) is 4.79 Å². The lowest BCUT2D eigenvalue weighted by atomic mass is 10.0. The van der Waals surface area contributed by atoms with Gasteiger partial charge in [-0.05, 0) is 31.9 Å². The molecule has 239 valence electrons. The van der Waals surface area contributed by atoms with Gasteiger partial charge >= 0.3 is 6.47 Å². The lowest BCUT2D eigenvalue weighted by molar-refractivity contribution is 0.223. The highest BCUT2D eigenvalue weighted by Crippen LogP contribution is 2.81. The van der Waals surface area contributed by atoms with Crippen molar-refractivity contribution in [2.75, 3.05) is 0 Å². The van der Waals surface area contributed by atoms with E-state index >= 15 is 0 Å². The summed E-state index contributed by atoms with van der Waals surface area (Å²) in [5, 5.41) is 0. The summed E-state index contributed by atoms with van der Waals surface area (Å²) in [6, 6.07) is 0. The van der Waals surface area contributed by atoms with Crippen LogP contribution in [0.3, 0.4) is 0 Å². The summed E-state index contributed by atoms with van der Waals surface area (Å²) >= 11 is 93.7. The minimum absolute atomic E-state index is 0.883. The maximum Gasteiger partial charge on any atom is 0.419 e. The Morgan fingerprint density at radius 3 is 0.650 bits per heavy atom. The zero-order valence-electron chi connectivity index (χ0n) is 16.8. The fourth-order valence-electron chi connectivity index (χ4n) is 2.05. The Morgan fingerprint density at radius 2 is 0.475 bits per heavy atom. The van der Waals surface area contributed by atoms with Crippen LogP contribution in [-0.2, 0) is 9.53 Å². The Labute approximate surface area is 441 Å². The summed E-state index contributed by atoms with van der Waals surface area (Å²) in [5.41, 5.74) is 0. The van der Waals surface area contributed by atoms with Gasteiger partial charge in [-0.2, -0.15) is 0 Å². The third kappa shape index (κ3) is 8.87. The lowest BCUT2D eigenvalue weighted by Crippen LogP contribution is -2.72. The van der Waals surface area contributed by atoms with E-state index in [1.807, 2.05) is 0 Å². The highest BCUT2D eigenvalue weighted by Gasteiger charge is 2.81. The number of ether oxygens (including phenoxy) is 1. The van der Waals surface area contributed by atoms with E-state index in [-0.39, 0.29) is 0 Å². The van der Waals surface area contributed by atoms with Crippen LogP contribution in [0.2, 0.25) is 0 Å². The predicted molar refractivity (Wildman–Crippen MR) is 263 cm³/mol. The lowest BCUT2D eigenvalue weighted by Gasteiger charge is -2.60. The van der Waals surface area contributed by atoms with Crippen molar-refractivity contribution in [3.8, 4) is 0 Å². The van der Waals surface area contributed by atoms with Gasteiger partial charge in [-0.25, -0.2) is 4.79 Å². The summed E-state index contributed by atoms with van der Waals surface area (Å²) in [4.78, 5) is 11.2. The molecule has 0 aliphatic rings. The van der Waals surface area contributed by atoms with Crippen molar-refractivity contribution in [1.29, 1.82) is 0 Å². The smallest absolute Gasteiger partial charge is 0.419 e. The average Bonchev–Trinajstić information content (AvgIpc) is 2.71. The third-order valence-corrected chi connectivity index (χ3v) is 55.9. The van der Waals surface area contributed by atoms with Crippen molar-refractivity contribution in [3.05, 3.63) is 0 Å². The topological polar surface area (TPSA) is 26.3 Å². The van der Waals surface area contributed by atoms with Crippen LogP contribution >= 0.6 is 398 Å². The second-order valence-corrected chi connectivity index (χ2v) is 51.4. The minimum atomic E-state index is -1.53. The molecule has 0 N–H and O–H groups in total. The van der Waals surface area contributed by atoms with Gasteiger partial charge in [0, 0.05) is 0 Å². The van der Waals surface area contributed by atoms with Crippen molar-refractivity contribution >= 4 is 405 Å². The van der Waals surface area contributed by atoms with E-state index in [1.54, 1.807) is 0 Å². The number of hydrogen-bond donors (Lipinski definition) is 0. The van der Waals surface area contributed by atoms with Gasteiger partial charge < -0.3 is 4.74 Å². The normalized spacial score (nSPS) is 16.7. The SMILES string of the molecule is O=[C]OC(Br)(Br)C(Br)(Br)C(Br)(Br)C(Br)(Br)C(Br)(Br)C(Br)(Br)C(Br)(Br)C(Br)(Br)C(Br)(Br)C(Br)(Br)C(Br)(Br)C(Br)(Br)Br. The molecular formula is C13Br25O2. The Morgan fingerprint density at radius 1 is 0.300 bits per heavy atom. The molecular weight excluding hydrogens is 2190 g/mol. The zero-order chi connectivity index (χ0) is 33.4. The number of carbonyl (C=O) groups excluding carboxylic acids is 1. The maximum absolute atomic E-state index is 11.2. The molecule has 0 amide bonds. The van der Waals surface area contributed by atoms with Crippen molar-refractivity contribution in [2.45, 2.75) is 37.9 Å². The molecule has 0 aromatic heterocycles. The van der Waals surface area contributed by atoms with Crippen LogP contribution in [0.4, 0.5) is 0 Å². The van der Waals surface area contributed by atoms with Gasteiger partial charge in [-0.15, -0.1) is 0 Å². The second-order valence-electron chi connectivity index (χ2n) is 6.94. The summed E-state index contributed by atoms with van der Waals surface area (Å²) in [5.74, 6) is 0. The van der Waals surface area contributed by atoms with Crippen molar-refractivity contribution in [3.63, 3.8) is 0 Å². The van der Waals surface area contributed by atoms with Gasteiger partial charge in [0.15, 0.2) is 5.38 Å². The number of rotatable bonds is 12. The molecule has 40 heavy (non-hydrogen) atoms. The van der Waals surface area contributed by atoms with Gasteiger partial charge in [-0.1, -0.05) is 366 Å². The maximum atomic E-state index is 11.2. The van der Waals surface area contributed by atoms with E-state index in [1.165, 1.54) is 6.47 Å². The average molecular weight is 2190 g/mol. The molecule has 0 aliphatic carbocycles. The molecule has 0 bridgehead atoms. The number of hydrogen-bond acceptors (Lipinski definition) is 2. The summed E-state index contributed by atoms with van der Waals surface area (Å²) in [6.07, 6.45) is 0. The first-order chi connectivity index (χ1) is 16.8. The number of halogens is 25. The van der Waals surface area contributed by atoms with E-state index in [0.717, 1.165) is 0 Å². The fraction of sp³-hybridized carbons (Fsp3) is 0.923. The van der Waals surface area contributed by atoms with E-state index in [4.69, 9.17) is 4.74 Å². The van der Waals surface area contributed by atoms with Gasteiger partial charge in [0.25, 0.3) is 0 Å². The highest BCUT2D eigenvalue weighted by atomic mass is 80.0. The summed E-state index contributed by atoms with van der Waals surface area (Å²) < 4.78 is -9.55. The molecule has 0 aliphatic heterocycles. The van der Waals surface area contributed by atoms with Crippen LogP contribution in [-0.4, -0.2) is 44.4 Å². The molecule has 0 spiro atoms. The molecule has 0 unspecified atom stereocenters. The molecule has 27 heteroatoms. The van der Waals surface area contributed by atoms with Gasteiger partial charge in [-0.3, -0.25) is 0 Å². The molecule has 2 nitrogen and oxygen atoms in total. The zero-order valence-corrected chi connectivity index (χ0v) is 56.4. The minimum Gasteiger partial charge on any atom is -0.426 e. The first-order valence-corrected chi connectivity index (χ1v) is 27.9. The molecule has 0 saturated heterocycles. The third-order valence-electron chi connectivity index (χ3n) is 4.44. The van der Waals surface area contributed by atoms with Crippen LogP contribution in [0.25, 0.3) is 0 Å². The van der Waals surface area contributed by atoms with Crippen LogP contribution < -0.4 is 0 Å². The summed E-state index contributed by atoms with van der Waals surface area (Å²) in [6.45, 7) is 1.42. The Kier molecular flexibility index (Phi) is 21.8. The second kappa shape index (κ2) is 16.9. The Balaban J connectivity index is 7.32. The largest absolute Gasteiger partial charge is 0.426 e. The monoisotopic (exact) mass is 2160 g/mol. The first-order valence-electron chi connectivity index (χ1n) is 8.09. The molecule has 0 rings (SSSR count). The van der Waals surface area contributed by atoms with Crippen molar-refractivity contribution in [1.82, 2.24) is 0 Å². The molecule has 0 atom stereocenters. The molecule has 0 fully saturated rings. The standard InChI is InChI=1S/C13Br25O2/c14-2(15,4(18,19)6(22,23)8(26,27)10(30,31)12(34,35)36)3(16,17)5(20,21)7(24,25)9(28,29)11(32,33)13(37,38)40-1-39. The van der Waals surface area contributed by atoms with E-state index < -0.39 is 37.9 Å². The van der Waals surface area contributed by atoms with Crippen molar-refractivity contribution in [2.24, 2.45) is 0 Å². The quantitative estimate of drug-likeness (QED) is 0.182. The highest BCUT2D eigenvalue weighted by molar-refractivity contribution is 9.42. The van der Waals surface area contributed by atoms with Crippen LogP contribution in [0, 0.1) is 0 Å². The molecule has 1 radical (unpaired) electrons. The van der Waals surface area contributed by atoms with Crippen LogP contribution in [0.1, 0.15) is 0 Å². The van der Waals surface area contributed by atoms with Crippen molar-refractivity contribution < 1.29 is 9.53 Å².